The number of rotatable bonds is 7. The molecule has 1 aliphatic rings. The zero-order valence-corrected chi connectivity index (χ0v) is 15.9. The van der Waals surface area contributed by atoms with Crippen molar-refractivity contribution in [1.82, 2.24) is 20.0 Å². The Morgan fingerprint density at radius 3 is 2.68 bits per heavy atom. The van der Waals surface area contributed by atoms with Gasteiger partial charge in [-0.25, -0.2) is 4.68 Å². The van der Waals surface area contributed by atoms with Crippen LogP contribution in [0.3, 0.4) is 0 Å². The van der Waals surface area contributed by atoms with Crippen molar-refractivity contribution in [1.29, 1.82) is 0 Å². The van der Waals surface area contributed by atoms with Gasteiger partial charge in [0.25, 0.3) is 5.91 Å². The summed E-state index contributed by atoms with van der Waals surface area (Å²) >= 11 is 0. The fourth-order valence-corrected chi connectivity index (χ4v) is 3.59. The molecule has 1 aromatic carbocycles. The predicted molar refractivity (Wildman–Crippen MR) is 105 cm³/mol. The fourth-order valence-electron chi connectivity index (χ4n) is 3.59. The fraction of sp³-hybridized carbons (Fsp3) is 0.333. The number of nitrogens with zero attached hydrogens (tertiary/aromatic N) is 3. The number of hydrogen-bond acceptors (Lipinski definition) is 5. The lowest BCUT2D eigenvalue weighted by atomic mass is 10.2. The molecule has 146 valence electrons. The van der Waals surface area contributed by atoms with Crippen LogP contribution in [0.1, 0.15) is 35.1 Å². The van der Waals surface area contributed by atoms with Crippen LogP contribution in [-0.4, -0.2) is 47.3 Å². The molecule has 3 heterocycles. The van der Waals surface area contributed by atoms with Crippen molar-refractivity contribution in [2.75, 3.05) is 26.7 Å². The molecule has 0 saturated carbocycles. The van der Waals surface area contributed by atoms with Gasteiger partial charge < -0.3 is 14.5 Å². The molecule has 1 saturated heterocycles. The van der Waals surface area contributed by atoms with Gasteiger partial charge in [0.05, 0.1) is 31.3 Å². The minimum Gasteiger partial charge on any atom is -0.493 e. The Morgan fingerprint density at radius 1 is 1.21 bits per heavy atom. The number of para-hydroxylation sites is 1. The second-order valence-corrected chi connectivity index (χ2v) is 6.81. The Hall–Kier alpha value is -3.06. The van der Waals surface area contributed by atoms with Crippen molar-refractivity contribution in [3.05, 3.63) is 66.4 Å². The van der Waals surface area contributed by atoms with E-state index in [0.717, 1.165) is 24.5 Å². The molecule has 0 aliphatic carbocycles. The number of aromatic nitrogens is 2. The molecule has 4 rings (SSSR count). The first-order valence-corrected chi connectivity index (χ1v) is 9.51. The quantitative estimate of drug-likeness (QED) is 0.682. The molecular weight excluding hydrogens is 356 g/mol. The van der Waals surface area contributed by atoms with Crippen LogP contribution in [0, 0.1) is 0 Å². The van der Waals surface area contributed by atoms with Gasteiger partial charge in [0, 0.05) is 6.54 Å². The van der Waals surface area contributed by atoms with E-state index in [4.69, 9.17) is 9.15 Å². The lowest BCUT2D eigenvalue weighted by Gasteiger charge is -2.25. The summed E-state index contributed by atoms with van der Waals surface area (Å²) in [7, 11) is 1.54. The number of furan rings is 1. The number of benzene rings is 1. The Labute approximate surface area is 163 Å². The highest BCUT2D eigenvalue weighted by Gasteiger charge is 2.27. The van der Waals surface area contributed by atoms with Crippen LogP contribution in [0.4, 0.5) is 0 Å². The maximum absolute atomic E-state index is 12.8. The number of methoxy groups -OCH3 is 1. The van der Waals surface area contributed by atoms with E-state index in [2.05, 4.69) is 15.3 Å². The van der Waals surface area contributed by atoms with Gasteiger partial charge in [0.1, 0.15) is 5.76 Å². The summed E-state index contributed by atoms with van der Waals surface area (Å²) < 4.78 is 12.6. The van der Waals surface area contributed by atoms with Crippen molar-refractivity contribution < 1.29 is 13.9 Å². The van der Waals surface area contributed by atoms with Crippen LogP contribution in [0.5, 0.6) is 5.75 Å². The molecule has 1 amide bonds. The molecule has 0 spiro atoms. The molecular formula is C21H24N4O3. The first-order valence-electron chi connectivity index (χ1n) is 9.51. The van der Waals surface area contributed by atoms with Crippen molar-refractivity contribution in [3.63, 3.8) is 0 Å². The summed E-state index contributed by atoms with van der Waals surface area (Å²) in [5, 5.41) is 7.44. The molecule has 2 aromatic heterocycles. The molecule has 7 nitrogen and oxygen atoms in total. The van der Waals surface area contributed by atoms with Gasteiger partial charge in [-0.3, -0.25) is 9.69 Å². The SMILES string of the molecule is COc1cn(-c2ccccc2)nc1C(=O)NC[C@@H](c1ccco1)N1CCCC1. The number of likely N-dealkylation sites (tertiary alicyclic amines) is 1. The average molecular weight is 380 g/mol. The van der Waals surface area contributed by atoms with Gasteiger partial charge in [0.15, 0.2) is 11.4 Å². The van der Waals surface area contributed by atoms with Gasteiger partial charge in [0.2, 0.25) is 0 Å². The third-order valence-corrected chi connectivity index (χ3v) is 5.05. The Bertz CT molecular complexity index is 899. The summed E-state index contributed by atoms with van der Waals surface area (Å²) in [6.07, 6.45) is 5.72. The Morgan fingerprint density at radius 2 is 2.00 bits per heavy atom. The standard InChI is InChI=1S/C21H24N4O3/c1-27-19-15-25(16-8-3-2-4-9-16)23-20(19)21(26)22-14-17(18-10-7-13-28-18)24-11-5-6-12-24/h2-4,7-10,13,15,17H,5-6,11-12,14H2,1H3,(H,22,26)/t17-/m0/s1. The van der Waals surface area contributed by atoms with Crippen molar-refractivity contribution >= 4 is 5.91 Å². The van der Waals surface area contributed by atoms with E-state index < -0.39 is 0 Å². The van der Waals surface area contributed by atoms with E-state index in [-0.39, 0.29) is 17.6 Å². The Balaban J connectivity index is 1.50. The van der Waals surface area contributed by atoms with Crippen LogP contribution in [0.25, 0.3) is 5.69 Å². The minimum atomic E-state index is -0.262. The molecule has 0 unspecified atom stereocenters. The largest absolute Gasteiger partial charge is 0.493 e. The van der Waals surface area contributed by atoms with Crippen LogP contribution < -0.4 is 10.1 Å². The number of nitrogens with one attached hydrogen (secondary N) is 1. The van der Waals surface area contributed by atoms with Crippen molar-refractivity contribution in [2.24, 2.45) is 0 Å². The molecule has 1 N–H and O–H groups in total. The van der Waals surface area contributed by atoms with Gasteiger partial charge in [-0.15, -0.1) is 0 Å². The van der Waals surface area contributed by atoms with Gasteiger partial charge in [-0.2, -0.15) is 5.10 Å². The lowest BCUT2D eigenvalue weighted by molar-refractivity contribution is 0.0925. The smallest absolute Gasteiger partial charge is 0.275 e. The molecule has 0 bridgehead atoms. The third-order valence-electron chi connectivity index (χ3n) is 5.05. The van der Waals surface area contributed by atoms with Gasteiger partial charge in [-0.05, 0) is 50.2 Å². The van der Waals surface area contributed by atoms with E-state index in [0.29, 0.717) is 12.3 Å². The van der Waals surface area contributed by atoms with Crippen LogP contribution in [-0.2, 0) is 0 Å². The summed E-state index contributed by atoms with van der Waals surface area (Å²) in [5.74, 6) is 1.04. The number of carbonyl (C=O) groups excluding carboxylic acids is 1. The first kappa shape index (κ1) is 18.3. The topological polar surface area (TPSA) is 72.5 Å². The van der Waals surface area contributed by atoms with E-state index in [1.165, 1.54) is 12.8 Å². The molecule has 0 radical (unpaired) electrons. The second-order valence-electron chi connectivity index (χ2n) is 6.81. The minimum absolute atomic E-state index is 0.0173. The molecule has 1 atom stereocenters. The van der Waals surface area contributed by atoms with Crippen molar-refractivity contribution in [2.45, 2.75) is 18.9 Å². The maximum Gasteiger partial charge on any atom is 0.275 e. The predicted octanol–water partition coefficient (Wildman–Crippen LogP) is 3.04. The number of ether oxygens (including phenoxy) is 1. The van der Waals surface area contributed by atoms with Crippen molar-refractivity contribution in [3.8, 4) is 11.4 Å². The summed E-state index contributed by atoms with van der Waals surface area (Å²) in [5.41, 5.74) is 1.14. The highest BCUT2D eigenvalue weighted by atomic mass is 16.5. The van der Waals surface area contributed by atoms with E-state index >= 15 is 0 Å². The van der Waals surface area contributed by atoms with E-state index in [9.17, 15) is 4.79 Å². The maximum atomic E-state index is 12.8. The summed E-state index contributed by atoms with van der Waals surface area (Å²) in [4.78, 5) is 15.2. The Kier molecular flexibility index (Phi) is 5.43. The van der Waals surface area contributed by atoms with Crippen LogP contribution in [0.15, 0.2) is 59.3 Å². The van der Waals surface area contributed by atoms with Gasteiger partial charge in [-0.1, -0.05) is 18.2 Å². The number of amides is 1. The van der Waals surface area contributed by atoms with E-state index in [1.807, 2.05) is 42.5 Å². The highest BCUT2D eigenvalue weighted by Crippen LogP contribution is 2.25. The van der Waals surface area contributed by atoms with E-state index in [1.54, 1.807) is 24.3 Å². The summed E-state index contributed by atoms with van der Waals surface area (Å²) in [6.45, 7) is 2.47. The zero-order chi connectivity index (χ0) is 19.3. The molecule has 1 fully saturated rings. The second kappa shape index (κ2) is 8.31. The highest BCUT2D eigenvalue weighted by molar-refractivity contribution is 5.95. The molecule has 7 heteroatoms. The average Bonchev–Trinajstić information content (AvgIpc) is 3.50. The zero-order valence-electron chi connectivity index (χ0n) is 15.9. The normalized spacial score (nSPS) is 15.5. The van der Waals surface area contributed by atoms with Crippen LogP contribution in [0.2, 0.25) is 0 Å². The molecule has 28 heavy (non-hydrogen) atoms. The number of carbonyl (C=O) groups is 1. The molecule has 3 aromatic rings. The summed E-state index contributed by atoms with van der Waals surface area (Å²) in [6, 6.07) is 13.5. The lowest BCUT2D eigenvalue weighted by Crippen LogP contribution is -2.36. The van der Waals surface area contributed by atoms with Gasteiger partial charge >= 0.3 is 0 Å². The monoisotopic (exact) mass is 380 g/mol. The first-order chi connectivity index (χ1) is 13.8. The number of hydrogen-bond donors (Lipinski definition) is 1. The third kappa shape index (κ3) is 3.80. The van der Waals surface area contributed by atoms with Crippen LogP contribution >= 0.6 is 0 Å². The molecule has 1 aliphatic heterocycles.